The summed E-state index contributed by atoms with van der Waals surface area (Å²) in [6.45, 7) is 4.99. The summed E-state index contributed by atoms with van der Waals surface area (Å²) in [5.74, 6) is 0. The van der Waals surface area contributed by atoms with E-state index in [1.165, 1.54) is 27.8 Å². The lowest BCUT2D eigenvalue weighted by Crippen LogP contribution is -1.94. The Morgan fingerprint density at radius 1 is 1.05 bits per heavy atom. The van der Waals surface area contributed by atoms with Gasteiger partial charge in [0.2, 0.25) is 0 Å². The molecule has 0 fully saturated rings. The summed E-state index contributed by atoms with van der Waals surface area (Å²) in [4.78, 5) is 0. The van der Waals surface area contributed by atoms with Gasteiger partial charge < -0.3 is 5.73 Å². The lowest BCUT2D eigenvalue weighted by molar-refractivity contribution is 1.01. The molecule has 2 aromatic carbocycles. The molecule has 0 amide bonds. The van der Waals surface area contributed by atoms with Crippen molar-refractivity contribution in [1.82, 2.24) is 0 Å². The van der Waals surface area contributed by atoms with E-state index < -0.39 is 0 Å². The largest absolute Gasteiger partial charge is 0.330 e. The van der Waals surface area contributed by atoms with Crippen LogP contribution >= 0.6 is 0 Å². The van der Waals surface area contributed by atoms with Crippen molar-refractivity contribution >= 4 is 6.08 Å². The van der Waals surface area contributed by atoms with E-state index in [9.17, 15) is 0 Å². The second kappa shape index (κ2) is 6.35. The van der Waals surface area contributed by atoms with Crippen LogP contribution in [0, 0.1) is 13.8 Å². The van der Waals surface area contributed by atoms with Crippen LogP contribution in [0.25, 0.3) is 17.2 Å². The van der Waals surface area contributed by atoms with Crippen LogP contribution in [-0.4, -0.2) is 6.54 Å². The summed E-state index contributed by atoms with van der Waals surface area (Å²) in [6, 6.07) is 15.2. The first-order valence-electron chi connectivity index (χ1n) is 6.75. The van der Waals surface area contributed by atoms with Crippen molar-refractivity contribution in [2.24, 2.45) is 5.73 Å². The summed E-state index contributed by atoms with van der Waals surface area (Å²) >= 11 is 0. The number of nitrogens with two attached hydrogens (primary N) is 1. The molecule has 1 nitrogen and oxygen atoms in total. The molecule has 0 spiro atoms. The van der Waals surface area contributed by atoms with E-state index in [1.807, 2.05) is 0 Å². The minimum absolute atomic E-state index is 0.702. The Morgan fingerprint density at radius 2 is 1.89 bits per heavy atom. The van der Waals surface area contributed by atoms with Crippen molar-refractivity contribution in [3.05, 3.63) is 65.2 Å². The maximum atomic E-state index is 5.50. The number of hydrogen-bond donors (Lipinski definition) is 1. The van der Waals surface area contributed by atoms with Gasteiger partial charge in [0.15, 0.2) is 0 Å². The lowest BCUT2D eigenvalue weighted by Gasteiger charge is -2.08. The topological polar surface area (TPSA) is 26.0 Å². The Balaban J connectivity index is 2.35. The SMILES string of the molecule is Cc1ccc(C)c(-c2cccc(/C=C/CCN)c2)c1. The zero-order chi connectivity index (χ0) is 13.7. The molecule has 2 aromatic rings. The minimum Gasteiger partial charge on any atom is -0.330 e. The molecule has 1 heteroatoms. The van der Waals surface area contributed by atoms with Crippen LogP contribution in [0.5, 0.6) is 0 Å². The van der Waals surface area contributed by atoms with Gasteiger partial charge >= 0.3 is 0 Å². The van der Waals surface area contributed by atoms with Gasteiger partial charge in [-0.05, 0) is 55.1 Å². The fourth-order valence-corrected chi connectivity index (χ4v) is 2.17. The first-order chi connectivity index (χ1) is 9.20. The molecule has 0 atom stereocenters. The lowest BCUT2D eigenvalue weighted by atomic mass is 9.97. The van der Waals surface area contributed by atoms with Gasteiger partial charge in [-0.15, -0.1) is 0 Å². The highest BCUT2D eigenvalue weighted by Crippen LogP contribution is 2.25. The third kappa shape index (κ3) is 3.55. The number of aryl methyl sites for hydroxylation is 2. The van der Waals surface area contributed by atoms with Crippen LogP contribution in [0.15, 0.2) is 48.5 Å². The monoisotopic (exact) mass is 251 g/mol. The second-order valence-electron chi connectivity index (χ2n) is 4.92. The van der Waals surface area contributed by atoms with E-state index in [2.05, 4.69) is 68.5 Å². The molecule has 0 aliphatic rings. The molecule has 0 bridgehead atoms. The third-order valence-corrected chi connectivity index (χ3v) is 3.23. The minimum atomic E-state index is 0.702. The van der Waals surface area contributed by atoms with E-state index in [1.54, 1.807) is 0 Å². The van der Waals surface area contributed by atoms with E-state index >= 15 is 0 Å². The first kappa shape index (κ1) is 13.6. The first-order valence-corrected chi connectivity index (χ1v) is 6.75. The molecular formula is C18H21N. The summed E-state index contributed by atoms with van der Waals surface area (Å²) in [5, 5.41) is 0. The molecule has 0 heterocycles. The zero-order valence-electron chi connectivity index (χ0n) is 11.7. The fraction of sp³-hybridized carbons (Fsp3) is 0.222. The highest BCUT2D eigenvalue weighted by Gasteiger charge is 2.02. The van der Waals surface area contributed by atoms with Crippen LogP contribution in [-0.2, 0) is 0 Å². The van der Waals surface area contributed by atoms with E-state index in [-0.39, 0.29) is 0 Å². The van der Waals surface area contributed by atoms with E-state index in [0.717, 1.165) is 6.42 Å². The van der Waals surface area contributed by atoms with Gasteiger partial charge in [0, 0.05) is 0 Å². The molecule has 2 rings (SSSR count). The molecule has 0 saturated carbocycles. The van der Waals surface area contributed by atoms with Gasteiger partial charge in [0.05, 0.1) is 0 Å². The molecule has 0 radical (unpaired) electrons. The Labute approximate surface area is 115 Å². The van der Waals surface area contributed by atoms with Crippen LogP contribution in [0.3, 0.4) is 0 Å². The van der Waals surface area contributed by atoms with E-state index in [0.29, 0.717) is 6.54 Å². The van der Waals surface area contributed by atoms with Crippen LogP contribution < -0.4 is 5.73 Å². The van der Waals surface area contributed by atoms with Crippen LogP contribution in [0.4, 0.5) is 0 Å². The standard InChI is InChI=1S/C18H21N/c1-14-9-10-15(2)18(12-14)17-8-5-7-16(13-17)6-3-4-11-19/h3,5-10,12-13H,4,11,19H2,1-2H3/b6-3+. The van der Waals surface area contributed by atoms with Gasteiger partial charge in [-0.1, -0.05) is 54.1 Å². The quantitative estimate of drug-likeness (QED) is 0.859. The third-order valence-electron chi connectivity index (χ3n) is 3.23. The molecule has 98 valence electrons. The summed E-state index contributed by atoms with van der Waals surface area (Å²) in [5.41, 5.74) is 11.9. The highest BCUT2D eigenvalue weighted by molar-refractivity contribution is 5.70. The average Bonchev–Trinajstić information content (AvgIpc) is 2.42. The van der Waals surface area contributed by atoms with Crippen molar-refractivity contribution in [2.45, 2.75) is 20.3 Å². The zero-order valence-corrected chi connectivity index (χ0v) is 11.7. The predicted molar refractivity (Wildman–Crippen MR) is 84.1 cm³/mol. The molecular weight excluding hydrogens is 230 g/mol. The van der Waals surface area contributed by atoms with Gasteiger partial charge in [0.25, 0.3) is 0 Å². The van der Waals surface area contributed by atoms with Crippen LogP contribution in [0.2, 0.25) is 0 Å². The smallest absolute Gasteiger partial charge is 0.00425 e. The maximum Gasteiger partial charge on any atom is -0.00425 e. The number of rotatable bonds is 4. The molecule has 0 aromatic heterocycles. The Morgan fingerprint density at radius 3 is 2.68 bits per heavy atom. The molecule has 0 saturated heterocycles. The van der Waals surface area contributed by atoms with Crippen molar-refractivity contribution in [2.75, 3.05) is 6.54 Å². The Hall–Kier alpha value is -1.86. The molecule has 0 aliphatic carbocycles. The summed E-state index contributed by atoms with van der Waals surface area (Å²) < 4.78 is 0. The molecule has 0 aliphatic heterocycles. The number of hydrogen-bond acceptors (Lipinski definition) is 1. The molecule has 0 unspecified atom stereocenters. The number of benzene rings is 2. The van der Waals surface area contributed by atoms with Gasteiger partial charge in [-0.2, -0.15) is 0 Å². The summed E-state index contributed by atoms with van der Waals surface area (Å²) in [6.07, 6.45) is 5.19. The normalized spacial score (nSPS) is 11.1. The fourth-order valence-electron chi connectivity index (χ4n) is 2.17. The predicted octanol–water partition coefficient (Wildman–Crippen LogP) is 4.33. The van der Waals surface area contributed by atoms with E-state index in [4.69, 9.17) is 5.73 Å². The van der Waals surface area contributed by atoms with Crippen molar-refractivity contribution < 1.29 is 0 Å². The Bertz CT molecular complexity index is 582. The van der Waals surface area contributed by atoms with Gasteiger partial charge in [-0.25, -0.2) is 0 Å². The van der Waals surface area contributed by atoms with Gasteiger partial charge in [-0.3, -0.25) is 0 Å². The Kier molecular flexibility index (Phi) is 4.53. The van der Waals surface area contributed by atoms with Gasteiger partial charge in [0.1, 0.15) is 0 Å². The van der Waals surface area contributed by atoms with Crippen molar-refractivity contribution in [3.8, 4) is 11.1 Å². The van der Waals surface area contributed by atoms with Crippen LogP contribution in [0.1, 0.15) is 23.1 Å². The summed E-state index contributed by atoms with van der Waals surface area (Å²) in [7, 11) is 0. The average molecular weight is 251 g/mol. The molecule has 19 heavy (non-hydrogen) atoms. The second-order valence-corrected chi connectivity index (χ2v) is 4.92. The highest BCUT2D eigenvalue weighted by atomic mass is 14.5. The van der Waals surface area contributed by atoms with Crippen molar-refractivity contribution in [3.63, 3.8) is 0 Å². The van der Waals surface area contributed by atoms with Crippen molar-refractivity contribution in [1.29, 1.82) is 0 Å². The maximum absolute atomic E-state index is 5.50. The molecule has 2 N–H and O–H groups in total.